The Labute approximate surface area is 146 Å². The van der Waals surface area contributed by atoms with Gasteiger partial charge >= 0.3 is 0 Å². The van der Waals surface area contributed by atoms with Crippen LogP contribution in [0.15, 0.2) is 20.9 Å². The Bertz CT molecular complexity index is 766. The zero-order valence-electron chi connectivity index (χ0n) is 13.0. The normalized spacial score (nSPS) is 19.0. The summed E-state index contributed by atoms with van der Waals surface area (Å²) in [5.41, 5.74) is 7.30. The Kier molecular flexibility index (Phi) is 5.52. The molecule has 3 rings (SSSR count). The fraction of sp³-hybridized carbons (Fsp3) is 0.500. The molecule has 1 saturated heterocycles. The van der Waals surface area contributed by atoms with Crippen molar-refractivity contribution in [3.63, 3.8) is 0 Å². The van der Waals surface area contributed by atoms with Gasteiger partial charge in [-0.1, -0.05) is 5.16 Å². The van der Waals surface area contributed by atoms with E-state index in [-0.39, 0.29) is 18.3 Å². The Morgan fingerprint density at radius 1 is 1.43 bits per heavy atom. The Morgan fingerprint density at radius 3 is 2.74 bits per heavy atom. The number of nitrogens with zero attached hydrogens (tertiary/aromatic N) is 2. The first-order valence-corrected chi connectivity index (χ1v) is 9.42. The van der Waals surface area contributed by atoms with Crippen molar-refractivity contribution < 1.29 is 12.9 Å². The van der Waals surface area contributed by atoms with Gasteiger partial charge in [0.2, 0.25) is 0 Å². The van der Waals surface area contributed by atoms with Gasteiger partial charge in [-0.05, 0) is 44.9 Å². The van der Waals surface area contributed by atoms with Gasteiger partial charge in [0.15, 0.2) is 0 Å². The summed E-state index contributed by atoms with van der Waals surface area (Å²) >= 11 is 1.26. The molecule has 0 aromatic carbocycles. The van der Waals surface area contributed by atoms with Crippen LogP contribution in [-0.2, 0) is 10.0 Å². The zero-order valence-corrected chi connectivity index (χ0v) is 15.4. The molecule has 9 heteroatoms. The van der Waals surface area contributed by atoms with E-state index in [9.17, 15) is 8.42 Å². The van der Waals surface area contributed by atoms with E-state index in [2.05, 4.69) is 5.16 Å². The van der Waals surface area contributed by atoms with Crippen LogP contribution in [0.2, 0.25) is 0 Å². The highest BCUT2D eigenvalue weighted by molar-refractivity contribution is 7.91. The standard InChI is InChI=1S/C14H19N3O3S2.ClH/c1-9-14(10(2)20-16-9)12-3-4-13(21-12)22(18,19)17-6-5-11(7-15)8-17;/h3-4,11H,5-8,15H2,1-2H3;1H. The molecular formula is C14H20ClN3O3S2. The molecule has 1 fully saturated rings. The van der Waals surface area contributed by atoms with E-state index in [1.807, 2.05) is 19.9 Å². The first-order chi connectivity index (χ1) is 10.4. The van der Waals surface area contributed by atoms with Gasteiger partial charge < -0.3 is 10.3 Å². The van der Waals surface area contributed by atoms with Crippen LogP contribution >= 0.6 is 23.7 Å². The predicted octanol–water partition coefficient (Wildman–Crippen LogP) is 2.41. The molecule has 128 valence electrons. The van der Waals surface area contributed by atoms with E-state index in [0.717, 1.165) is 22.6 Å². The Hall–Kier alpha value is -0.930. The number of aromatic nitrogens is 1. The van der Waals surface area contributed by atoms with Crippen LogP contribution in [0.5, 0.6) is 0 Å². The van der Waals surface area contributed by atoms with E-state index >= 15 is 0 Å². The molecule has 6 nitrogen and oxygen atoms in total. The number of sulfonamides is 1. The topological polar surface area (TPSA) is 89.4 Å². The molecule has 1 aliphatic heterocycles. The molecular weight excluding hydrogens is 358 g/mol. The summed E-state index contributed by atoms with van der Waals surface area (Å²) < 4.78 is 32.5. The average Bonchev–Trinajstić information content (AvgIpc) is 3.19. The van der Waals surface area contributed by atoms with Gasteiger partial charge in [0, 0.05) is 18.0 Å². The summed E-state index contributed by atoms with van der Waals surface area (Å²) in [6.45, 7) is 5.27. The summed E-state index contributed by atoms with van der Waals surface area (Å²) in [5, 5.41) is 3.92. The first kappa shape index (κ1) is 18.4. The van der Waals surface area contributed by atoms with Gasteiger partial charge in [0.25, 0.3) is 10.0 Å². The second kappa shape index (κ2) is 6.90. The van der Waals surface area contributed by atoms with E-state index in [4.69, 9.17) is 10.3 Å². The lowest BCUT2D eigenvalue weighted by Crippen LogP contribution is -2.29. The molecule has 1 aliphatic rings. The third kappa shape index (κ3) is 3.32. The van der Waals surface area contributed by atoms with E-state index in [0.29, 0.717) is 29.6 Å². The maximum Gasteiger partial charge on any atom is 0.252 e. The number of halogens is 1. The summed E-state index contributed by atoms with van der Waals surface area (Å²) in [4.78, 5) is 0.865. The molecule has 0 radical (unpaired) electrons. The molecule has 0 bridgehead atoms. The molecule has 0 aliphatic carbocycles. The number of nitrogens with two attached hydrogens (primary N) is 1. The Balaban J connectivity index is 0.00000192. The number of hydrogen-bond acceptors (Lipinski definition) is 6. The quantitative estimate of drug-likeness (QED) is 0.883. The highest BCUT2D eigenvalue weighted by Crippen LogP contribution is 2.36. The molecule has 23 heavy (non-hydrogen) atoms. The van der Waals surface area contributed by atoms with Crippen LogP contribution < -0.4 is 5.73 Å². The Morgan fingerprint density at radius 2 is 2.17 bits per heavy atom. The van der Waals surface area contributed by atoms with Crippen LogP contribution in [0.25, 0.3) is 10.4 Å². The second-order valence-corrected chi connectivity index (χ2v) is 8.82. The highest BCUT2D eigenvalue weighted by atomic mass is 35.5. The van der Waals surface area contributed by atoms with Crippen molar-refractivity contribution in [1.29, 1.82) is 0 Å². The highest BCUT2D eigenvalue weighted by Gasteiger charge is 2.33. The minimum atomic E-state index is -3.43. The molecule has 0 amide bonds. The molecule has 1 atom stereocenters. The number of rotatable bonds is 4. The summed E-state index contributed by atoms with van der Waals surface area (Å²) in [7, 11) is -3.43. The lowest BCUT2D eigenvalue weighted by atomic mass is 10.1. The van der Waals surface area contributed by atoms with Crippen molar-refractivity contribution in [3.05, 3.63) is 23.6 Å². The predicted molar refractivity (Wildman–Crippen MR) is 92.5 cm³/mol. The van der Waals surface area contributed by atoms with Crippen molar-refractivity contribution in [3.8, 4) is 10.4 Å². The second-order valence-electron chi connectivity index (χ2n) is 5.57. The summed E-state index contributed by atoms with van der Waals surface area (Å²) in [6, 6.07) is 3.48. The lowest BCUT2D eigenvalue weighted by molar-refractivity contribution is 0.393. The van der Waals surface area contributed by atoms with Crippen LogP contribution in [0.4, 0.5) is 0 Å². The number of hydrogen-bond donors (Lipinski definition) is 1. The molecule has 1 unspecified atom stereocenters. The molecule has 2 aromatic heterocycles. The average molecular weight is 378 g/mol. The fourth-order valence-electron chi connectivity index (χ4n) is 2.76. The third-order valence-electron chi connectivity index (χ3n) is 4.04. The minimum absolute atomic E-state index is 0. The van der Waals surface area contributed by atoms with Crippen LogP contribution in [0, 0.1) is 19.8 Å². The van der Waals surface area contributed by atoms with Crippen molar-refractivity contribution in [2.75, 3.05) is 19.6 Å². The van der Waals surface area contributed by atoms with Gasteiger partial charge in [-0.15, -0.1) is 23.7 Å². The van der Waals surface area contributed by atoms with Gasteiger partial charge in [0.1, 0.15) is 9.97 Å². The van der Waals surface area contributed by atoms with Crippen molar-refractivity contribution in [2.24, 2.45) is 11.7 Å². The molecule has 2 N–H and O–H groups in total. The third-order valence-corrected chi connectivity index (χ3v) is 7.47. The van der Waals surface area contributed by atoms with Gasteiger partial charge in [-0.25, -0.2) is 8.42 Å². The van der Waals surface area contributed by atoms with Gasteiger partial charge in [-0.3, -0.25) is 0 Å². The SMILES string of the molecule is Cc1noc(C)c1-c1ccc(S(=O)(=O)N2CCC(CN)C2)s1.Cl. The maximum absolute atomic E-state index is 12.7. The number of thiophene rings is 1. The largest absolute Gasteiger partial charge is 0.361 e. The smallest absolute Gasteiger partial charge is 0.252 e. The van der Waals surface area contributed by atoms with Crippen LogP contribution in [0.1, 0.15) is 17.9 Å². The van der Waals surface area contributed by atoms with Crippen LogP contribution in [-0.4, -0.2) is 37.5 Å². The maximum atomic E-state index is 12.7. The van der Waals surface area contributed by atoms with Gasteiger partial charge in [0.05, 0.1) is 11.3 Å². The molecule has 2 aromatic rings. The van der Waals surface area contributed by atoms with Crippen molar-refractivity contribution >= 4 is 33.8 Å². The molecule has 0 saturated carbocycles. The van der Waals surface area contributed by atoms with E-state index in [1.54, 1.807) is 6.07 Å². The van der Waals surface area contributed by atoms with Crippen molar-refractivity contribution in [2.45, 2.75) is 24.5 Å². The summed E-state index contributed by atoms with van der Waals surface area (Å²) in [5.74, 6) is 0.962. The monoisotopic (exact) mass is 377 g/mol. The first-order valence-electron chi connectivity index (χ1n) is 7.16. The fourth-order valence-corrected chi connectivity index (χ4v) is 5.90. The molecule has 3 heterocycles. The lowest BCUT2D eigenvalue weighted by Gasteiger charge is -2.14. The van der Waals surface area contributed by atoms with Crippen molar-refractivity contribution in [1.82, 2.24) is 9.46 Å². The minimum Gasteiger partial charge on any atom is -0.361 e. The van der Waals surface area contributed by atoms with Crippen LogP contribution in [0.3, 0.4) is 0 Å². The molecule has 0 spiro atoms. The van der Waals surface area contributed by atoms with Gasteiger partial charge in [-0.2, -0.15) is 4.31 Å². The van der Waals surface area contributed by atoms with E-state index in [1.165, 1.54) is 15.6 Å². The zero-order chi connectivity index (χ0) is 15.9. The van der Waals surface area contributed by atoms with E-state index < -0.39 is 10.0 Å². The summed E-state index contributed by atoms with van der Waals surface area (Å²) in [6.07, 6.45) is 0.831. The number of aryl methyl sites for hydroxylation is 2.